The van der Waals surface area contributed by atoms with Gasteiger partial charge in [-0.05, 0) is 27.2 Å². The van der Waals surface area contributed by atoms with Gasteiger partial charge in [0.15, 0.2) is 0 Å². The van der Waals surface area contributed by atoms with Gasteiger partial charge in [0.2, 0.25) is 0 Å². The second-order valence-corrected chi connectivity index (χ2v) is 6.31. The van der Waals surface area contributed by atoms with Gasteiger partial charge in [-0.3, -0.25) is 4.79 Å². The van der Waals surface area contributed by atoms with Gasteiger partial charge in [0.1, 0.15) is 5.60 Å². The van der Waals surface area contributed by atoms with E-state index in [1.807, 2.05) is 0 Å². The third-order valence-electron chi connectivity index (χ3n) is 2.68. The van der Waals surface area contributed by atoms with Crippen LogP contribution in [0.2, 0.25) is 0 Å². The summed E-state index contributed by atoms with van der Waals surface area (Å²) >= 11 is 0. The molecule has 1 unspecified atom stereocenters. The number of nitrogens with one attached hydrogen (secondary N) is 1. The maximum atomic E-state index is 11.4. The molecule has 0 heterocycles. The van der Waals surface area contributed by atoms with Gasteiger partial charge in [0, 0.05) is 13.2 Å². The topological polar surface area (TPSA) is 124 Å². The first kappa shape index (κ1) is 23.6. The molecule has 1 amide bonds. The highest BCUT2D eigenvalue weighted by Crippen LogP contribution is 2.06. The van der Waals surface area contributed by atoms with E-state index in [0.717, 1.165) is 0 Å². The normalized spacial score (nSPS) is 12.6. The van der Waals surface area contributed by atoms with E-state index in [1.54, 1.807) is 20.8 Å². The number of hydrogen-bond acceptors (Lipinski definition) is 7. The number of alkyl carbamates (subject to hydrolysis) is 1. The number of hydrogen-bond donors (Lipinski definition) is 3. The molecular formula is C16H31NO8. The Bertz CT molecular complexity index is 370. The quantitative estimate of drug-likeness (QED) is 0.386. The Morgan fingerprint density at radius 1 is 0.960 bits per heavy atom. The molecule has 0 bridgehead atoms. The lowest BCUT2D eigenvalue weighted by Crippen LogP contribution is -2.37. The summed E-state index contributed by atoms with van der Waals surface area (Å²) < 4.78 is 20.7. The SMILES string of the molecule is CC(C)(C)OC(=O)NCC(O)CCOCCOCCOCCC(=O)O. The van der Waals surface area contributed by atoms with Crippen molar-refractivity contribution in [2.24, 2.45) is 0 Å². The fraction of sp³-hybridized carbons (Fsp3) is 0.875. The van der Waals surface area contributed by atoms with E-state index < -0.39 is 23.8 Å². The monoisotopic (exact) mass is 365 g/mol. The van der Waals surface area contributed by atoms with Crippen LogP contribution in [-0.4, -0.2) is 80.2 Å². The van der Waals surface area contributed by atoms with Gasteiger partial charge in [-0.1, -0.05) is 0 Å². The Morgan fingerprint density at radius 2 is 1.48 bits per heavy atom. The van der Waals surface area contributed by atoms with E-state index in [9.17, 15) is 14.7 Å². The molecule has 0 aliphatic carbocycles. The van der Waals surface area contributed by atoms with Crippen LogP contribution in [-0.2, 0) is 23.7 Å². The minimum Gasteiger partial charge on any atom is -0.481 e. The van der Waals surface area contributed by atoms with Crippen molar-refractivity contribution >= 4 is 12.1 Å². The van der Waals surface area contributed by atoms with E-state index in [-0.39, 0.29) is 19.6 Å². The number of carbonyl (C=O) groups is 2. The van der Waals surface area contributed by atoms with Gasteiger partial charge in [0.25, 0.3) is 0 Å². The van der Waals surface area contributed by atoms with Gasteiger partial charge in [-0.2, -0.15) is 0 Å². The predicted molar refractivity (Wildman–Crippen MR) is 89.6 cm³/mol. The van der Waals surface area contributed by atoms with Crippen molar-refractivity contribution in [3.8, 4) is 0 Å². The van der Waals surface area contributed by atoms with Crippen molar-refractivity contribution in [3.05, 3.63) is 0 Å². The number of ether oxygens (including phenoxy) is 4. The summed E-state index contributed by atoms with van der Waals surface area (Å²) in [6.07, 6.45) is -0.912. The van der Waals surface area contributed by atoms with Gasteiger partial charge < -0.3 is 34.5 Å². The van der Waals surface area contributed by atoms with E-state index in [2.05, 4.69) is 5.32 Å². The van der Waals surface area contributed by atoms with Crippen LogP contribution in [0.3, 0.4) is 0 Å². The molecule has 0 aromatic heterocycles. The highest BCUT2D eigenvalue weighted by molar-refractivity contribution is 5.67. The van der Waals surface area contributed by atoms with Crippen LogP contribution < -0.4 is 5.32 Å². The molecule has 0 aliphatic heterocycles. The fourth-order valence-corrected chi connectivity index (χ4v) is 1.54. The zero-order valence-corrected chi connectivity index (χ0v) is 15.3. The summed E-state index contributed by atoms with van der Waals surface area (Å²) in [5.74, 6) is -0.891. The van der Waals surface area contributed by atoms with Gasteiger partial charge in [0.05, 0.1) is 45.6 Å². The third kappa shape index (κ3) is 18.8. The highest BCUT2D eigenvalue weighted by atomic mass is 16.6. The average Bonchev–Trinajstić information content (AvgIpc) is 2.48. The molecule has 0 aromatic rings. The van der Waals surface area contributed by atoms with Gasteiger partial charge >= 0.3 is 12.1 Å². The molecule has 3 N–H and O–H groups in total. The number of amides is 1. The van der Waals surface area contributed by atoms with Crippen LogP contribution >= 0.6 is 0 Å². The maximum Gasteiger partial charge on any atom is 0.407 e. The lowest BCUT2D eigenvalue weighted by Gasteiger charge is -2.20. The molecule has 0 saturated heterocycles. The minimum atomic E-state index is -0.891. The van der Waals surface area contributed by atoms with Crippen molar-refractivity contribution in [1.82, 2.24) is 5.32 Å². The van der Waals surface area contributed by atoms with E-state index in [0.29, 0.717) is 39.5 Å². The third-order valence-corrected chi connectivity index (χ3v) is 2.68. The Balaban J connectivity index is 3.36. The van der Waals surface area contributed by atoms with E-state index in [4.69, 9.17) is 24.1 Å². The molecule has 9 nitrogen and oxygen atoms in total. The lowest BCUT2D eigenvalue weighted by molar-refractivity contribution is -0.138. The Hall–Kier alpha value is -1.42. The minimum absolute atomic E-state index is 0.0196. The summed E-state index contributed by atoms with van der Waals surface area (Å²) in [6, 6.07) is 0. The number of aliphatic carboxylic acids is 1. The summed E-state index contributed by atoms with van der Waals surface area (Å²) in [4.78, 5) is 21.6. The first-order valence-corrected chi connectivity index (χ1v) is 8.30. The maximum absolute atomic E-state index is 11.4. The summed E-state index contributed by atoms with van der Waals surface area (Å²) in [7, 11) is 0. The summed E-state index contributed by atoms with van der Waals surface area (Å²) in [5.41, 5.74) is -0.570. The molecule has 0 radical (unpaired) electrons. The zero-order chi connectivity index (χ0) is 19.1. The predicted octanol–water partition coefficient (Wildman–Crippen LogP) is 0.787. The van der Waals surface area contributed by atoms with Crippen LogP contribution in [0.1, 0.15) is 33.6 Å². The number of rotatable bonds is 14. The molecule has 1 atom stereocenters. The van der Waals surface area contributed by atoms with Gasteiger partial charge in [-0.15, -0.1) is 0 Å². The molecule has 0 aromatic carbocycles. The molecule has 9 heteroatoms. The summed E-state index contributed by atoms with van der Waals surface area (Å²) in [5, 5.41) is 20.6. The number of aliphatic hydroxyl groups is 1. The Morgan fingerprint density at radius 3 is 2.00 bits per heavy atom. The second kappa shape index (κ2) is 13.8. The number of carboxylic acids is 1. The van der Waals surface area contributed by atoms with Crippen LogP contribution in [0.15, 0.2) is 0 Å². The standard InChI is InChI=1S/C16H31NO8/c1-16(2,3)25-15(21)17-12-13(18)4-6-22-8-10-24-11-9-23-7-5-14(19)20/h13,18H,4-12H2,1-3H3,(H,17,21)(H,19,20). The zero-order valence-electron chi connectivity index (χ0n) is 15.3. The van der Waals surface area contributed by atoms with Crippen LogP contribution in [0.4, 0.5) is 4.79 Å². The molecule has 0 aliphatic rings. The lowest BCUT2D eigenvalue weighted by atomic mass is 10.2. The second-order valence-electron chi connectivity index (χ2n) is 6.31. The van der Waals surface area contributed by atoms with Crippen molar-refractivity contribution in [1.29, 1.82) is 0 Å². The average molecular weight is 365 g/mol. The number of carbonyl (C=O) groups excluding carboxylic acids is 1. The molecular weight excluding hydrogens is 334 g/mol. The molecule has 0 fully saturated rings. The van der Waals surface area contributed by atoms with Crippen molar-refractivity contribution in [2.75, 3.05) is 46.2 Å². The van der Waals surface area contributed by atoms with Crippen LogP contribution in [0.5, 0.6) is 0 Å². The first-order chi connectivity index (χ1) is 11.7. The molecule has 25 heavy (non-hydrogen) atoms. The molecule has 148 valence electrons. The van der Waals surface area contributed by atoms with Crippen molar-refractivity contribution < 1.29 is 38.7 Å². The fourth-order valence-electron chi connectivity index (χ4n) is 1.54. The van der Waals surface area contributed by atoms with Crippen molar-refractivity contribution in [3.63, 3.8) is 0 Å². The highest BCUT2D eigenvalue weighted by Gasteiger charge is 2.16. The smallest absolute Gasteiger partial charge is 0.407 e. The van der Waals surface area contributed by atoms with Crippen molar-refractivity contribution in [2.45, 2.75) is 45.3 Å². The number of carboxylic acid groups (broad SMARTS) is 1. The van der Waals surface area contributed by atoms with E-state index in [1.165, 1.54) is 0 Å². The van der Waals surface area contributed by atoms with Gasteiger partial charge in [-0.25, -0.2) is 4.79 Å². The van der Waals surface area contributed by atoms with Crippen LogP contribution in [0.25, 0.3) is 0 Å². The molecule has 0 spiro atoms. The Labute approximate surface area is 148 Å². The number of aliphatic hydroxyl groups excluding tert-OH is 1. The molecule has 0 saturated carbocycles. The van der Waals surface area contributed by atoms with Crippen LogP contribution in [0, 0.1) is 0 Å². The first-order valence-electron chi connectivity index (χ1n) is 8.30. The Kier molecular flexibility index (Phi) is 13.0. The largest absolute Gasteiger partial charge is 0.481 e. The molecule has 0 rings (SSSR count). The summed E-state index contributed by atoms with van der Waals surface area (Å²) in [6.45, 7) is 7.37. The van der Waals surface area contributed by atoms with E-state index >= 15 is 0 Å².